The summed E-state index contributed by atoms with van der Waals surface area (Å²) >= 11 is 0. The summed E-state index contributed by atoms with van der Waals surface area (Å²) in [6, 6.07) is 9.03. The molecule has 0 aliphatic rings. The lowest BCUT2D eigenvalue weighted by molar-refractivity contribution is 0.434. The average Bonchev–Trinajstić information content (AvgIpc) is 2.38. The molecule has 0 atom stereocenters. The Morgan fingerprint density at radius 1 is 1.11 bits per heavy atom. The first-order valence-corrected chi connectivity index (χ1v) is 6.03. The molecule has 0 heterocycles. The van der Waals surface area contributed by atoms with Gasteiger partial charge in [-0.1, -0.05) is 12.1 Å². The van der Waals surface area contributed by atoms with E-state index in [-0.39, 0.29) is 11.6 Å². The highest BCUT2D eigenvalue weighted by Crippen LogP contribution is 2.29. The summed E-state index contributed by atoms with van der Waals surface area (Å²) in [6.07, 6.45) is 0.473. The third kappa shape index (κ3) is 3.09. The van der Waals surface area contributed by atoms with Crippen LogP contribution in [0.1, 0.15) is 11.1 Å². The van der Waals surface area contributed by atoms with E-state index < -0.39 is 5.82 Å². The Hall–Kier alpha value is -1.94. The van der Waals surface area contributed by atoms with Gasteiger partial charge >= 0.3 is 0 Å². The molecule has 2 aromatic carbocycles. The summed E-state index contributed by atoms with van der Waals surface area (Å²) < 4.78 is 32.6. The molecule has 2 nitrogen and oxygen atoms in total. The van der Waals surface area contributed by atoms with Crippen LogP contribution >= 0.6 is 0 Å². The maximum atomic E-state index is 13.9. The first-order valence-electron chi connectivity index (χ1n) is 6.03. The molecule has 0 amide bonds. The van der Waals surface area contributed by atoms with Crippen molar-refractivity contribution in [3.8, 4) is 11.5 Å². The van der Waals surface area contributed by atoms with Crippen molar-refractivity contribution in [1.82, 2.24) is 0 Å². The fourth-order valence-electron chi connectivity index (χ4n) is 1.82. The lowest BCUT2D eigenvalue weighted by atomic mass is 10.1. The molecule has 2 N–H and O–H groups in total. The molecule has 4 heteroatoms. The van der Waals surface area contributed by atoms with Gasteiger partial charge in [-0.2, -0.15) is 0 Å². The molecule has 0 radical (unpaired) electrons. The number of aryl methyl sites for hydroxylation is 1. The number of benzene rings is 2. The number of rotatable bonds is 4. The fraction of sp³-hybridized carbons (Fsp3) is 0.200. The standard InChI is InChI=1S/C15H15F2NO/c1-10-3-2-4-14(15(10)17)19-13-6-5-12(16)9-11(13)7-8-18/h2-6,9H,7-8,18H2,1H3. The van der Waals surface area contributed by atoms with E-state index in [9.17, 15) is 8.78 Å². The van der Waals surface area contributed by atoms with Gasteiger partial charge in [-0.3, -0.25) is 0 Å². The summed E-state index contributed by atoms with van der Waals surface area (Å²) in [6.45, 7) is 2.03. The van der Waals surface area contributed by atoms with Crippen LogP contribution in [0.4, 0.5) is 8.78 Å². The minimum Gasteiger partial charge on any atom is -0.454 e. The van der Waals surface area contributed by atoms with Crippen LogP contribution in [0.2, 0.25) is 0 Å². The Bertz CT molecular complexity index is 584. The van der Waals surface area contributed by atoms with E-state index in [4.69, 9.17) is 10.5 Å². The first-order chi connectivity index (χ1) is 9.11. The van der Waals surface area contributed by atoms with Gasteiger partial charge in [0.2, 0.25) is 0 Å². The van der Waals surface area contributed by atoms with E-state index in [0.29, 0.717) is 29.8 Å². The van der Waals surface area contributed by atoms with Crippen LogP contribution in [0.3, 0.4) is 0 Å². The van der Waals surface area contributed by atoms with Crippen molar-refractivity contribution < 1.29 is 13.5 Å². The highest BCUT2D eigenvalue weighted by Gasteiger charge is 2.10. The normalized spacial score (nSPS) is 10.5. The molecular formula is C15H15F2NO. The van der Waals surface area contributed by atoms with Gasteiger partial charge in [-0.15, -0.1) is 0 Å². The molecule has 0 spiro atoms. The van der Waals surface area contributed by atoms with Gasteiger partial charge in [-0.25, -0.2) is 8.78 Å². The first kappa shape index (κ1) is 13.5. The lowest BCUT2D eigenvalue weighted by Crippen LogP contribution is -2.04. The van der Waals surface area contributed by atoms with Crippen LogP contribution in [0, 0.1) is 18.6 Å². The van der Waals surface area contributed by atoms with Gasteiger partial charge in [0.05, 0.1) is 0 Å². The molecule has 0 fully saturated rings. The summed E-state index contributed by atoms with van der Waals surface area (Å²) in [5, 5.41) is 0. The number of halogens is 2. The smallest absolute Gasteiger partial charge is 0.168 e. The van der Waals surface area contributed by atoms with Gasteiger partial charge in [0.1, 0.15) is 11.6 Å². The quantitative estimate of drug-likeness (QED) is 0.915. The van der Waals surface area contributed by atoms with E-state index >= 15 is 0 Å². The van der Waals surface area contributed by atoms with E-state index in [1.54, 1.807) is 19.1 Å². The van der Waals surface area contributed by atoms with E-state index in [2.05, 4.69) is 0 Å². The number of hydrogen-bond acceptors (Lipinski definition) is 2. The van der Waals surface area contributed by atoms with E-state index in [1.807, 2.05) is 0 Å². The molecule has 0 saturated heterocycles. The minimum atomic E-state index is -0.412. The molecule has 2 rings (SSSR count). The number of ether oxygens (including phenoxy) is 1. The maximum Gasteiger partial charge on any atom is 0.168 e. The molecule has 100 valence electrons. The molecule has 0 aliphatic heterocycles. The summed E-state index contributed by atoms with van der Waals surface area (Å²) in [5.74, 6) is -0.215. The predicted octanol–water partition coefficient (Wildman–Crippen LogP) is 3.57. The zero-order valence-corrected chi connectivity index (χ0v) is 10.6. The summed E-state index contributed by atoms with van der Waals surface area (Å²) in [5.41, 5.74) is 6.60. The molecule has 0 aliphatic carbocycles. The lowest BCUT2D eigenvalue weighted by Gasteiger charge is -2.12. The molecule has 0 unspecified atom stereocenters. The van der Waals surface area contributed by atoms with Crippen molar-refractivity contribution in [2.24, 2.45) is 5.73 Å². The zero-order chi connectivity index (χ0) is 13.8. The van der Waals surface area contributed by atoms with Crippen LogP contribution in [0.5, 0.6) is 11.5 Å². The van der Waals surface area contributed by atoms with Crippen LogP contribution in [-0.4, -0.2) is 6.54 Å². The van der Waals surface area contributed by atoms with Gasteiger partial charge < -0.3 is 10.5 Å². The SMILES string of the molecule is Cc1cccc(Oc2ccc(F)cc2CCN)c1F. The minimum absolute atomic E-state index is 0.130. The van der Waals surface area contributed by atoms with Crippen LogP contribution in [-0.2, 0) is 6.42 Å². The zero-order valence-electron chi connectivity index (χ0n) is 10.6. The highest BCUT2D eigenvalue weighted by atomic mass is 19.1. The third-order valence-electron chi connectivity index (χ3n) is 2.81. The predicted molar refractivity (Wildman–Crippen MR) is 70.4 cm³/mol. The molecule has 19 heavy (non-hydrogen) atoms. The van der Waals surface area contributed by atoms with Crippen molar-refractivity contribution in [2.45, 2.75) is 13.3 Å². The van der Waals surface area contributed by atoms with Crippen LogP contribution in [0.25, 0.3) is 0 Å². The fourth-order valence-corrected chi connectivity index (χ4v) is 1.82. The average molecular weight is 263 g/mol. The van der Waals surface area contributed by atoms with Crippen LogP contribution < -0.4 is 10.5 Å². The van der Waals surface area contributed by atoms with Crippen molar-refractivity contribution in [1.29, 1.82) is 0 Å². The number of nitrogens with two attached hydrogens (primary N) is 1. The second kappa shape index (κ2) is 5.80. The maximum absolute atomic E-state index is 13.9. The highest BCUT2D eigenvalue weighted by molar-refractivity contribution is 5.40. The van der Waals surface area contributed by atoms with Gasteiger partial charge in [-0.05, 0) is 55.3 Å². The monoisotopic (exact) mass is 263 g/mol. The molecule has 2 aromatic rings. The topological polar surface area (TPSA) is 35.2 Å². The van der Waals surface area contributed by atoms with Gasteiger partial charge in [0.25, 0.3) is 0 Å². The van der Waals surface area contributed by atoms with Crippen molar-refractivity contribution in [2.75, 3.05) is 6.54 Å². The summed E-state index contributed by atoms with van der Waals surface area (Å²) in [7, 11) is 0. The van der Waals surface area contributed by atoms with E-state index in [1.165, 1.54) is 24.3 Å². The second-order valence-corrected chi connectivity index (χ2v) is 4.28. The van der Waals surface area contributed by atoms with Crippen molar-refractivity contribution in [3.63, 3.8) is 0 Å². The Morgan fingerprint density at radius 2 is 1.89 bits per heavy atom. The third-order valence-corrected chi connectivity index (χ3v) is 2.81. The molecular weight excluding hydrogens is 248 g/mol. The molecule has 0 aromatic heterocycles. The van der Waals surface area contributed by atoms with Crippen molar-refractivity contribution in [3.05, 3.63) is 59.2 Å². The van der Waals surface area contributed by atoms with E-state index in [0.717, 1.165) is 0 Å². The Labute approximate surface area is 110 Å². The Morgan fingerprint density at radius 3 is 2.63 bits per heavy atom. The van der Waals surface area contributed by atoms with Gasteiger partial charge in [0.15, 0.2) is 11.6 Å². The number of hydrogen-bond donors (Lipinski definition) is 1. The Balaban J connectivity index is 2.35. The largest absolute Gasteiger partial charge is 0.454 e. The summed E-state index contributed by atoms with van der Waals surface area (Å²) in [4.78, 5) is 0. The second-order valence-electron chi connectivity index (χ2n) is 4.28. The molecule has 0 bridgehead atoms. The van der Waals surface area contributed by atoms with Crippen molar-refractivity contribution >= 4 is 0 Å². The van der Waals surface area contributed by atoms with Gasteiger partial charge in [0, 0.05) is 0 Å². The Kier molecular flexibility index (Phi) is 4.12. The molecule has 0 saturated carbocycles. The van der Waals surface area contributed by atoms with Crippen LogP contribution in [0.15, 0.2) is 36.4 Å².